The highest BCUT2D eigenvalue weighted by atomic mass is 19.4. The van der Waals surface area contributed by atoms with Crippen molar-refractivity contribution < 1.29 is 32.6 Å². The Morgan fingerprint density at radius 2 is 1.96 bits per heavy atom. The first-order valence-electron chi connectivity index (χ1n) is 7.22. The number of aromatic carboxylic acids is 1. The molecule has 1 aliphatic heterocycles. The zero-order valence-electron chi connectivity index (χ0n) is 12.9. The van der Waals surface area contributed by atoms with Gasteiger partial charge in [0.15, 0.2) is 0 Å². The number of nitrogens with one attached hydrogen (secondary N) is 1. The predicted molar refractivity (Wildman–Crippen MR) is 81.3 cm³/mol. The van der Waals surface area contributed by atoms with Crippen LogP contribution in [0.15, 0.2) is 30.5 Å². The van der Waals surface area contributed by atoms with Crippen LogP contribution in [0.5, 0.6) is 5.75 Å². The van der Waals surface area contributed by atoms with E-state index in [-0.39, 0.29) is 11.4 Å². The second-order valence-corrected chi connectivity index (χ2v) is 5.52. The number of rotatable bonds is 3. The molecule has 0 fully saturated rings. The second-order valence-electron chi connectivity index (χ2n) is 5.52. The molecule has 1 unspecified atom stereocenters. The smallest absolute Gasteiger partial charge is 0.397 e. The number of alkyl halides is 3. The lowest BCUT2D eigenvalue weighted by atomic mass is 9.94. The Kier molecular flexibility index (Phi) is 3.94. The second kappa shape index (κ2) is 5.83. The zero-order valence-corrected chi connectivity index (χ0v) is 12.9. The molecule has 9 heteroatoms. The first-order chi connectivity index (χ1) is 11.7. The number of carboxylic acid groups (broad SMARTS) is 1. The number of halogens is 3. The summed E-state index contributed by atoms with van der Waals surface area (Å²) in [6.45, 7) is 0. The number of methoxy groups -OCH3 is 1. The van der Waals surface area contributed by atoms with Crippen LogP contribution in [0, 0.1) is 0 Å². The van der Waals surface area contributed by atoms with Crippen LogP contribution in [0.25, 0.3) is 5.69 Å². The topological polar surface area (TPSA) is 80.6 Å². The monoisotopic (exact) mass is 354 g/mol. The number of fused-ring (bicyclic) bond motifs is 1. The molecule has 1 aliphatic rings. The zero-order chi connectivity index (χ0) is 18.4. The molecule has 2 heterocycles. The Morgan fingerprint density at radius 1 is 1.32 bits per heavy atom. The fourth-order valence-electron chi connectivity index (χ4n) is 2.86. The molecule has 3 rings (SSSR count). The van der Waals surface area contributed by atoms with Crippen molar-refractivity contribution in [3.63, 3.8) is 0 Å². The maximum atomic E-state index is 13.5. The van der Waals surface area contributed by atoms with E-state index in [2.05, 4.69) is 5.32 Å². The van der Waals surface area contributed by atoms with Gasteiger partial charge in [-0.25, -0.2) is 4.79 Å². The van der Waals surface area contributed by atoms with Gasteiger partial charge in [-0.15, -0.1) is 0 Å². The number of aromatic nitrogens is 1. The Hall–Kier alpha value is -2.97. The molecule has 25 heavy (non-hydrogen) atoms. The first-order valence-corrected chi connectivity index (χ1v) is 7.22. The van der Waals surface area contributed by atoms with E-state index in [1.807, 2.05) is 0 Å². The highest BCUT2D eigenvalue weighted by Gasteiger charge is 2.48. The van der Waals surface area contributed by atoms with Crippen molar-refractivity contribution in [1.82, 2.24) is 4.57 Å². The van der Waals surface area contributed by atoms with E-state index in [0.29, 0.717) is 11.4 Å². The summed E-state index contributed by atoms with van der Waals surface area (Å²) in [4.78, 5) is 23.1. The third kappa shape index (κ3) is 2.92. The summed E-state index contributed by atoms with van der Waals surface area (Å²) in [5.74, 6) is -3.88. The van der Waals surface area contributed by atoms with Crippen molar-refractivity contribution in [3.8, 4) is 11.4 Å². The molecule has 1 aromatic heterocycles. The summed E-state index contributed by atoms with van der Waals surface area (Å²) in [5, 5.41) is 11.6. The summed E-state index contributed by atoms with van der Waals surface area (Å²) in [7, 11) is 1.45. The van der Waals surface area contributed by atoms with E-state index in [1.165, 1.54) is 19.2 Å². The van der Waals surface area contributed by atoms with Crippen molar-refractivity contribution in [2.75, 3.05) is 12.4 Å². The van der Waals surface area contributed by atoms with Gasteiger partial charge in [0.25, 0.3) is 0 Å². The van der Waals surface area contributed by atoms with Crippen molar-refractivity contribution in [2.45, 2.75) is 18.5 Å². The molecule has 0 saturated heterocycles. The summed E-state index contributed by atoms with van der Waals surface area (Å²) in [6.07, 6.45) is -4.40. The highest BCUT2D eigenvalue weighted by Crippen LogP contribution is 2.46. The quantitative estimate of drug-likeness (QED) is 0.887. The van der Waals surface area contributed by atoms with E-state index in [0.717, 1.165) is 10.8 Å². The number of hydrogen-bond donors (Lipinski definition) is 2. The fraction of sp³-hybridized carbons (Fsp3) is 0.250. The SMILES string of the molecule is COc1ccc(-n2cc(C(=O)O)c3c2C(C(F)(F)F)CC(=O)N3)cc1. The molecule has 132 valence electrons. The van der Waals surface area contributed by atoms with Crippen LogP contribution in [0.1, 0.15) is 28.4 Å². The van der Waals surface area contributed by atoms with Crippen LogP contribution in [-0.4, -0.2) is 34.8 Å². The van der Waals surface area contributed by atoms with Crippen molar-refractivity contribution in [1.29, 1.82) is 0 Å². The number of carbonyl (C=O) groups is 2. The largest absolute Gasteiger partial charge is 0.497 e. The van der Waals surface area contributed by atoms with Crippen LogP contribution >= 0.6 is 0 Å². The summed E-state index contributed by atoms with van der Waals surface area (Å²) in [5.41, 5.74) is -0.681. The molecule has 2 aromatic rings. The van der Waals surface area contributed by atoms with E-state index in [1.54, 1.807) is 12.1 Å². The molecule has 2 N–H and O–H groups in total. The molecular formula is C16H13F3N2O4. The molecule has 1 amide bonds. The van der Waals surface area contributed by atoms with Gasteiger partial charge in [-0.1, -0.05) is 0 Å². The molecule has 0 bridgehead atoms. The average molecular weight is 354 g/mol. The van der Waals surface area contributed by atoms with Crippen molar-refractivity contribution >= 4 is 17.6 Å². The first kappa shape index (κ1) is 16.9. The van der Waals surface area contributed by atoms with Gasteiger partial charge >= 0.3 is 12.1 Å². The third-order valence-corrected chi connectivity index (χ3v) is 4.00. The Labute approximate surface area is 139 Å². The molecule has 0 saturated carbocycles. The van der Waals surface area contributed by atoms with Gasteiger partial charge in [-0.3, -0.25) is 4.79 Å². The number of ether oxygens (including phenoxy) is 1. The standard InChI is InChI=1S/C16H13F3N2O4/c1-25-9-4-2-8(3-5-9)21-7-10(15(23)24)13-14(21)11(16(17,18)19)6-12(22)20-13/h2-5,7,11H,6H2,1H3,(H,20,22)(H,23,24). The van der Waals surface area contributed by atoms with E-state index >= 15 is 0 Å². The molecule has 1 aromatic carbocycles. The van der Waals surface area contributed by atoms with Gasteiger partial charge in [-0.2, -0.15) is 13.2 Å². The number of hydrogen-bond acceptors (Lipinski definition) is 3. The number of amides is 1. The highest BCUT2D eigenvalue weighted by molar-refractivity contribution is 6.03. The molecular weight excluding hydrogens is 341 g/mol. The molecule has 0 spiro atoms. The Morgan fingerprint density at radius 3 is 2.48 bits per heavy atom. The number of anilines is 1. The minimum Gasteiger partial charge on any atom is -0.497 e. The maximum Gasteiger partial charge on any atom is 0.397 e. The van der Waals surface area contributed by atoms with E-state index < -0.39 is 36.0 Å². The minimum atomic E-state index is -4.69. The summed E-state index contributed by atoms with van der Waals surface area (Å²) in [6, 6.07) is 6.11. The van der Waals surface area contributed by atoms with Crippen LogP contribution < -0.4 is 10.1 Å². The minimum absolute atomic E-state index is 0.297. The van der Waals surface area contributed by atoms with Gasteiger partial charge in [0.2, 0.25) is 5.91 Å². The van der Waals surface area contributed by atoms with Gasteiger partial charge in [0.05, 0.1) is 18.5 Å². The lowest BCUT2D eigenvalue weighted by molar-refractivity contribution is -0.157. The molecule has 0 aliphatic carbocycles. The third-order valence-electron chi connectivity index (χ3n) is 4.00. The molecule has 1 atom stereocenters. The normalized spacial score (nSPS) is 17.0. The Balaban J connectivity index is 2.24. The summed E-state index contributed by atoms with van der Waals surface area (Å²) < 4.78 is 46.5. The van der Waals surface area contributed by atoms with Crippen LogP contribution in [-0.2, 0) is 4.79 Å². The number of nitrogens with zero attached hydrogens (tertiary/aromatic N) is 1. The average Bonchev–Trinajstić information content (AvgIpc) is 2.92. The van der Waals surface area contributed by atoms with Gasteiger partial charge in [-0.05, 0) is 24.3 Å². The maximum absolute atomic E-state index is 13.5. The Bertz CT molecular complexity index is 840. The van der Waals surface area contributed by atoms with E-state index in [9.17, 15) is 27.9 Å². The predicted octanol–water partition coefficient (Wildman–Crippen LogP) is 3.17. The van der Waals surface area contributed by atoms with Crippen LogP contribution in [0.3, 0.4) is 0 Å². The van der Waals surface area contributed by atoms with Gasteiger partial charge in [0, 0.05) is 18.3 Å². The van der Waals surface area contributed by atoms with E-state index in [4.69, 9.17) is 4.74 Å². The van der Waals surface area contributed by atoms with Crippen molar-refractivity contribution in [3.05, 3.63) is 41.7 Å². The number of carbonyl (C=O) groups excluding carboxylic acids is 1. The van der Waals surface area contributed by atoms with Crippen LogP contribution in [0.2, 0.25) is 0 Å². The molecule has 6 nitrogen and oxygen atoms in total. The van der Waals surface area contributed by atoms with Gasteiger partial charge < -0.3 is 19.7 Å². The molecule has 0 radical (unpaired) electrons. The lowest BCUT2D eigenvalue weighted by Gasteiger charge is -2.27. The number of carboxylic acids is 1. The van der Waals surface area contributed by atoms with Gasteiger partial charge in [0.1, 0.15) is 17.2 Å². The van der Waals surface area contributed by atoms with Crippen molar-refractivity contribution in [2.24, 2.45) is 0 Å². The summed E-state index contributed by atoms with van der Waals surface area (Å²) >= 11 is 0. The lowest BCUT2D eigenvalue weighted by Crippen LogP contribution is -2.33. The number of benzene rings is 1. The van der Waals surface area contributed by atoms with Crippen LogP contribution in [0.4, 0.5) is 18.9 Å². The fourth-order valence-corrected chi connectivity index (χ4v) is 2.86.